The second-order valence-electron chi connectivity index (χ2n) is 7.70. The Morgan fingerprint density at radius 1 is 1.16 bits per heavy atom. The minimum Gasteiger partial charge on any atom is -0.368 e. The summed E-state index contributed by atoms with van der Waals surface area (Å²) in [4.78, 5) is 47.4. The number of carbonyl (C=O) groups is 2. The Morgan fingerprint density at radius 3 is 2.62 bits per heavy atom. The zero-order valence-electron chi connectivity index (χ0n) is 17.2. The van der Waals surface area contributed by atoms with E-state index in [-0.39, 0.29) is 17.3 Å². The molecule has 0 saturated heterocycles. The van der Waals surface area contributed by atoms with Crippen LogP contribution in [0.25, 0.3) is 11.3 Å². The number of amides is 2. The van der Waals surface area contributed by atoms with Gasteiger partial charge in [0, 0.05) is 17.4 Å². The first kappa shape index (κ1) is 21.0. The lowest BCUT2D eigenvalue weighted by molar-refractivity contribution is -0.119. The van der Waals surface area contributed by atoms with Crippen LogP contribution in [0.3, 0.4) is 0 Å². The minimum atomic E-state index is -0.932. The fraction of sp³-hybridized carbons (Fsp3) is 0.227. The van der Waals surface area contributed by atoms with E-state index in [1.807, 2.05) is 30.3 Å². The molecule has 1 aromatic carbocycles. The number of carbonyl (C=O) groups excluding carboxylic acids is 2. The molecule has 0 spiro atoms. The van der Waals surface area contributed by atoms with E-state index in [4.69, 9.17) is 11.5 Å². The van der Waals surface area contributed by atoms with Gasteiger partial charge in [-0.2, -0.15) is 4.98 Å². The van der Waals surface area contributed by atoms with Gasteiger partial charge in [0.15, 0.2) is 5.82 Å². The number of nitrogens with zero attached hydrogens (tertiary/aromatic N) is 2. The van der Waals surface area contributed by atoms with E-state index in [2.05, 4.69) is 25.6 Å². The van der Waals surface area contributed by atoms with Crippen LogP contribution in [0.15, 0.2) is 53.5 Å². The third-order valence-corrected chi connectivity index (χ3v) is 5.17. The number of primary amides is 2. The standard InChI is InChI=1S/C22H23N7O3/c23-18(30)16(10-12-7-8-12)27-22-28-20(17(19(24)31)21(32)29-22)26-14-5-3-4-13(11-14)15-6-1-2-9-25-15/h1-6,9,11-12,16H,7-8,10H2,(H2,23,30)(H2,24,31)(H3,26,27,28,29,32). The Hall–Kier alpha value is -4.21. The third kappa shape index (κ3) is 4.91. The molecule has 1 fully saturated rings. The van der Waals surface area contributed by atoms with Crippen molar-refractivity contribution in [3.8, 4) is 11.3 Å². The zero-order valence-corrected chi connectivity index (χ0v) is 17.2. The number of benzene rings is 1. The van der Waals surface area contributed by atoms with Gasteiger partial charge in [-0.05, 0) is 36.6 Å². The van der Waals surface area contributed by atoms with Crippen molar-refractivity contribution in [2.24, 2.45) is 17.4 Å². The molecule has 0 bridgehead atoms. The van der Waals surface area contributed by atoms with Crippen molar-refractivity contribution in [2.45, 2.75) is 25.3 Å². The Morgan fingerprint density at radius 2 is 1.97 bits per heavy atom. The zero-order chi connectivity index (χ0) is 22.7. The number of nitrogens with one attached hydrogen (secondary N) is 3. The van der Waals surface area contributed by atoms with E-state index in [1.165, 1.54) is 0 Å². The molecule has 1 aliphatic carbocycles. The maximum atomic E-state index is 12.6. The van der Waals surface area contributed by atoms with Crippen molar-refractivity contribution in [3.05, 3.63) is 64.6 Å². The van der Waals surface area contributed by atoms with Crippen LogP contribution in [0.4, 0.5) is 17.5 Å². The molecule has 164 valence electrons. The lowest BCUT2D eigenvalue weighted by atomic mass is 10.1. The molecule has 32 heavy (non-hydrogen) atoms. The van der Waals surface area contributed by atoms with E-state index >= 15 is 0 Å². The summed E-state index contributed by atoms with van der Waals surface area (Å²) in [6, 6.07) is 12.1. The molecule has 2 heterocycles. The van der Waals surface area contributed by atoms with Gasteiger partial charge in [0.1, 0.15) is 11.6 Å². The molecule has 1 unspecified atom stereocenters. The maximum absolute atomic E-state index is 12.6. The first-order chi connectivity index (χ1) is 15.4. The third-order valence-electron chi connectivity index (χ3n) is 5.17. The Bertz CT molecular complexity index is 1210. The molecule has 1 aliphatic rings. The Balaban J connectivity index is 1.66. The van der Waals surface area contributed by atoms with Gasteiger partial charge in [-0.15, -0.1) is 0 Å². The number of aromatic nitrogens is 3. The van der Waals surface area contributed by atoms with Gasteiger partial charge in [-0.25, -0.2) is 0 Å². The predicted octanol–water partition coefficient (Wildman–Crippen LogP) is 1.74. The van der Waals surface area contributed by atoms with Crippen molar-refractivity contribution < 1.29 is 9.59 Å². The highest BCUT2D eigenvalue weighted by Gasteiger charge is 2.29. The van der Waals surface area contributed by atoms with Gasteiger partial charge < -0.3 is 22.1 Å². The van der Waals surface area contributed by atoms with Gasteiger partial charge in [0.2, 0.25) is 11.9 Å². The predicted molar refractivity (Wildman–Crippen MR) is 120 cm³/mol. The average molecular weight is 433 g/mol. The number of pyridine rings is 1. The fourth-order valence-electron chi connectivity index (χ4n) is 3.39. The smallest absolute Gasteiger partial charge is 0.267 e. The van der Waals surface area contributed by atoms with Crippen LogP contribution in [0, 0.1) is 5.92 Å². The molecule has 2 amide bonds. The molecule has 1 atom stereocenters. The lowest BCUT2D eigenvalue weighted by Crippen LogP contribution is -2.37. The van der Waals surface area contributed by atoms with Crippen molar-refractivity contribution in [3.63, 3.8) is 0 Å². The number of hydrogen-bond donors (Lipinski definition) is 5. The number of aromatic amines is 1. The van der Waals surface area contributed by atoms with Crippen molar-refractivity contribution in [2.75, 3.05) is 10.6 Å². The van der Waals surface area contributed by atoms with Gasteiger partial charge in [0.25, 0.3) is 11.5 Å². The summed E-state index contributed by atoms with van der Waals surface area (Å²) in [5.41, 5.74) is 12.0. The number of H-pyrrole nitrogens is 1. The van der Waals surface area contributed by atoms with E-state index in [1.54, 1.807) is 18.3 Å². The van der Waals surface area contributed by atoms with Crippen LogP contribution >= 0.6 is 0 Å². The van der Waals surface area contributed by atoms with Crippen molar-refractivity contribution in [1.29, 1.82) is 0 Å². The highest BCUT2D eigenvalue weighted by Crippen LogP contribution is 2.34. The SMILES string of the molecule is NC(=O)c1c(Nc2cccc(-c3ccccn3)c2)nc(NC(CC2CC2)C(N)=O)[nH]c1=O. The minimum absolute atomic E-state index is 0.0211. The first-order valence-electron chi connectivity index (χ1n) is 10.2. The van der Waals surface area contributed by atoms with Crippen LogP contribution < -0.4 is 27.7 Å². The maximum Gasteiger partial charge on any atom is 0.267 e. The quantitative estimate of drug-likeness (QED) is 0.342. The Kier molecular flexibility index (Phi) is 5.84. The van der Waals surface area contributed by atoms with Crippen LogP contribution in [-0.4, -0.2) is 32.8 Å². The summed E-state index contributed by atoms with van der Waals surface area (Å²) < 4.78 is 0. The number of anilines is 3. The van der Waals surface area contributed by atoms with Gasteiger partial charge in [-0.3, -0.25) is 24.4 Å². The van der Waals surface area contributed by atoms with E-state index in [9.17, 15) is 14.4 Å². The molecular formula is C22H23N7O3. The summed E-state index contributed by atoms with van der Waals surface area (Å²) >= 11 is 0. The summed E-state index contributed by atoms with van der Waals surface area (Å²) in [5.74, 6) is -1.07. The molecular weight excluding hydrogens is 410 g/mol. The molecule has 3 aromatic rings. The number of rotatable bonds is 9. The van der Waals surface area contributed by atoms with Gasteiger partial charge in [-0.1, -0.05) is 31.0 Å². The largest absolute Gasteiger partial charge is 0.368 e. The highest BCUT2D eigenvalue weighted by molar-refractivity contribution is 5.98. The van der Waals surface area contributed by atoms with Crippen molar-refractivity contribution in [1.82, 2.24) is 15.0 Å². The van der Waals surface area contributed by atoms with Crippen LogP contribution in [0.1, 0.15) is 29.6 Å². The van der Waals surface area contributed by atoms with E-state index in [0.717, 1.165) is 24.1 Å². The molecule has 2 aromatic heterocycles. The van der Waals surface area contributed by atoms with Gasteiger partial charge in [0.05, 0.1) is 5.69 Å². The normalized spacial score (nSPS) is 13.9. The van der Waals surface area contributed by atoms with Crippen LogP contribution in [0.2, 0.25) is 0 Å². The summed E-state index contributed by atoms with van der Waals surface area (Å²) in [5, 5.41) is 5.86. The molecule has 0 aliphatic heterocycles. The summed E-state index contributed by atoms with van der Waals surface area (Å²) in [6.45, 7) is 0. The van der Waals surface area contributed by atoms with Crippen LogP contribution in [-0.2, 0) is 4.79 Å². The molecule has 7 N–H and O–H groups in total. The fourth-order valence-corrected chi connectivity index (χ4v) is 3.39. The number of nitrogens with two attached hydrogens (primary N) is 2. The van der Waals surface area contributed by atoms with E-state index in [0.29, 0.717) is 18.0 Å². The average Bonchev–Trinajstić information content (AvgIpc) is 3.58. The molecule has 10 heteroatoms. The van der Waals surface area contributed by atoms with Crippen LogP contribution in [0.5, 0.6) is 0 Å². The molecule has 1 saturated carbocycles. The molecule has 0 radical (unpaired) electrons. The molecule has 4 rings (SSSR count). The molecule has 10 nitrogen and oxygen atoms in total. The van der Waals surface area contributed by atoms with Crippen molar-refractivity contribution >= 4 is 29.3 Å². The lowest BCUT2D eigenvalue weighted by Gasteiger charge is -2.17. The van der Waals surface area contributed by atoms with Gasteiger partial charge >= 0.3 is 0 Å². The highest BCUT2D eigenvalue weighted by atomic mass is 16.2. The second kappa shape index (κ2) is 8.88. The Labute approximate surface area is 183 Å². The number of hydrogen-bond acceptors (Lipinski definition) is 7. The summed E-state index contributed by atoms with van der Waals surface area (Å²) in [7, 11) is 0. The topological polar surface area (TPSA) is 169 Å². The van der Waals surface area contributed by atoms with E-state index < -0.39 is 23.4 Å². The monoisotopic (exact) mass is 433 g/mol. The second-order valence-corrected chi connectivity index (χ2v) is 7.70. The summed E-state index contributed by atoms with van der Waals surface area (Å²) in [6.07, 6.45) is 4.31. The first-order valence-corrected chi connectivity index (χ1v) is 10.2.